The molecule has 0 aliphatic rings. The molecule has 0 aliphatic carbocycles. The van der Waals surface area contributed by atoms with Gasteiger partial charge in [0.15, 0.2) is 0 Å². The van der Waals surface area contributed by atoms with Crippen molar-refractivity contribution < 1.29 is 14.6 Å². The zero-order chi connectivity index (χ0) is 16.8. The number of benzene rings is 2. The van der Waals surface area contributed by atoms with Crippen LogP contribution >= 0.6 is 11.6 Å². The number of aliphatic hydroxyl groups is 1. The van der Waals surface area contributed by atoms with Crippen LogP contribution < -0.4 is 15.4 Å². The first-order valence-corrected chi connectivity index (χ1v) is 7.49. The Morgan fingerprint density at radius 2 is 1.96 bits per heavy atom. The first kappa shape index (κ1) is 17.1. The van der Waals surface area contributed by atoms with Crippen LogP contribution in [0.25, 0.3) is 0 Å². The molecule has 5 nitrogen and oxygen atoms in total. The van der Waals surface area contributed by atoms with Gasteiger partial charge >= 0.3 is 6.03 Å². The Morgan fingerprint density at radius 1 is 1.26 bits per heavy atom. The lowest BCUT2D eigenvalue weighted by molar-refractivity contribution is 0.225. The fourth-order valence-electron chi connectivity index (χ4n) is 2.11. The molecule has 1 unspecified atom stereocenters. The molecule has 0 radical (unpaired) electrons. The summed E-state index contributed by atoms with van der Waals surface area (Å²) in [6.07, 6.45) is 0. The van der Waals surface area contributed by atoms with E-state index in [0.717, 1.165) is 11.1 Å². The summed E-state index contributed by atoms with van der Waals surface area (Å²) in [4.78, 5) is 12.2. The summed E-state index contributed by atoms with van der Waals surface area (Å²) >= 11 is 5.84. The van der Waals surface area contributed by atoms with Gasteiger partial charge in [-0.2, -0.15) is 0 Å². The van der Waals surface area contributed by atoms with Gasteiger partial charge in [0.1, 0.15) is 5.75 Å². The molecule has 2 aromatic rings. The average molecular weight is 335 g/mol. The van der Waals surface area contributed by atoms with Crippen LogP contribution in [0.2, 0.25) is 5.02 Å². The maximum atomic E-state index is 12.2. The zero-order valence-corrected chi connectivity index (χ0v) is 13.7. The summed E-state index contributed by atoms with van der Waals surface area (Å²) in [5, 5.41) is 15.6. The van der Waals surface area contributed by atoms with Gasteiger partial charge in [0, 0.05) is 16.8 Å². The van der Waals surface area contributed by atoms with E-state index in [4.69, 9.17) is 16.3 Å². The van der Waals surface area contributed by atoms with Crippen LogP contribution in [0.1, 0.15) is 17.2 Å². The number of aliphatic hydroxyl groups excluding tert-OH is 1. The van der Waals surface area contributed by atoms with Gasteiger partial charge in [0.2, 0.25) is 0 Å². The van der Waals surface area contributed by atoms with Gasteiger partial charge in [-0.15, -0.1) is 0 Å². The van der Waals surface area contributed by atoms with Crippen molar-refractivity contribution in [3.8, 4) is 5.75 Å². The smallest absolute Gasteiger partial charge is 0.319 e. The molecule has 0 fully saturated rings. The third-order valence-electron chi connectivity index (χ3n) is 3.45. The van der Waals surface area contributed by atoms with Crippen molar-refractivity contribution in [2.24, 2.45) is 0 Å². The molecule has 0 saturated heterocycles. The van der Waals surface area contributed by atoms with Crippen molar-refractivity contribution in [3.63, 3.8) is 0 Å². The van der Waals surface area contributed by atoms with E-state index in [-0.39, 0.29) is 6.61 Å². The maximum absolute atomic E-state index is 12.2. The molecule has 0 aliphatic heterocycles. The minimum absolute atomic E-state index is 0.216. The molecular weight excluding hydrogens is 316 g/mol. The Balaban J connectivity index is 2.07. The van der Waals surface area contributed by atoms with E-state index in [9.17, 15) is 9.90 Å². The standard InChI is InChI=1S/C17H19ClN2O3/c1-11-3-8-14(23-2)9-15(11)19-17(22)20-16(10-21)12-4-6-13(18)7-5-12/h3-9,16,21H,10H2,1-2H3,(H2,19,20,22). The zero-order valence-electron chi connectivity index (χ0n) is 13.0. The number of carbonyl (C=O) groups is 1. The Bertz CT molecular complexity index is 674. The van der Waals surface area contributed by atoms with Crippen LogP contribution in [0.3, 0.4) is 0 Å². The van der Waals surface area contributed by atoms with Crippen molar-refractivity contribution >= 4 is 23.3 Å². The highest BCUT2D eigenvalue weighted by atomic mass is 35.5. The van der Waals surface area contributed by atoms with E-state index in [0.29, 0.717) is 16.5 Å². The molecule has 2 rings (SSSR count). The maximum Gasteiger partial charge on any atom is 0.319 e. The quantitative estimate of drug-likeness (QED) is 0.783. The number of methoxy groups -OCH3 is 1. The number of hydrogen-bond donors (Lipinski definition) is 3. The highest BCUT2D eigenvalue weighted by Gasteiger charge is 2.14. The average Bonchev–Trinajstić information content (AvgIpc) is 2.55. The lowest BCUT2D eigenvalue weighted by Gasteiger charge is -2.18. The molecule has 0 heterocycles. The molecular formula is C17H19ClN2O3. The van der Waals surface area contributed by atoms with Crippen molar-refractivity contribution in [1.29, 1.82) is 0 Å². The van der Waals surface area contributed by atoms with Gasteiger partial charge in [-0.1, -0.05) is 29.8 Å². The van der Waals surface area contributed by atoms with E-state index in [1.165, 1.54) is 0 Å². The van der Waals surface area contributed by atoms with E-state index in [1.807, 2.05) is 19.1 Å². The lowest BCUT2D eigenvalue weighted by atomic mass is 10.1. The second kappa shape index (κ2) is 7.85. The van der Waals surface area contributed by atoms with Crippen molar-refractivity contribution in [1.82, 2.24) is 5.32 Å². The molecule has 1 atom stereocenters. The minimum Gasteiger partial charge on any atom is -0.497 e. The number of halogens is 1. The van der Waals surface area contributed by atoms with Crippen LogP contribution in [0, 0.1) is 6.92 Å². The molecule has 0 spiro atoms. The van der Waals surface area contributed by atoms with E-state index in [1.54, 1.807) is 37.4 Å². The summed E-state index contributed by atoms with van der Waals surface area (Å²) in [6, 6.07) is 11.5. The fraction of sp³-hybridized carbons (Fsp3) is 0.235. The number of ether oxygens (including phenoxy) is 1. The number of hydrogen-bond acceptors (Lipinski definition) is 3. The second-order valence-electron chi connectivity index (χ2n) is 5.07. The van der Waals surface area contributed by atoms with Gasteiger partial charge in [-0.05, 0) is 36.2 Å². The number of anilines is 1. The number of urea groups is 1. The monoisotopic (exact) mass is 334 g/mol. The molecule has 6 heteroatoms. The number of carbonyl (C=O) groups excluding carboxylic acids is 1. The Hall–Kier alpha value is -2.24. The minimum atomic E-state index is -0.516. The molecule has 2 aromatic carbocycles. The van der Waals surface area contributed by atoms with Crippen molar-refractivity contribution in [2.75, 3.05) is 19.0 Å². The topological polar surface area (TPSA) is 70.6 Å². The molecule has 0 saturated carbocycles. The van der Waals surface area contributed by atoms with Crippen LogP contribution in [0.4, 0.5) is 10.5 Å². The first-order chi connectivity index (χ1) is 11.0. The summed E-state index contributed by atoms with van der Waals surface area (Å²) in [6.45, 7) is 1.67. The second-order valence-corrected chi connectivity index (χ2v) is 5.50. The van der Waals surface area contributed by atoms with Gasteiger partial charge in [0.05, 0.1) is 19.8 Å². The number of aryl methyl sites for hydroxylation is 1. The lowest BCUT2D eigenvalue weighted by Crippen LogP contribution is -2.34. The predicted octanol–water partition coefficient (Wildman–Crippen LogP) is 3.51. The number of nitrogens with one attached hydrogen (secondary N) is 2. The number of amides is 2. The molecule has 3 N–H and O–H groups in total. The predicted molar refractivity (Wildman–Crippen MR) is 91.2 cm³/mol. The summed E-state index contributed by atoms with van der Waals surface area (Å²) < 4.78 is 5.15. The highest BCUT2D eigenvalue weighted by molar-refractivity contribution is 6.30. The van der Waals surface area contributed by atoms with Gasteiger partial charge in [-0.25, -0.2) is 4.79 Å². The third-order valence-corrected chi connectivity index (χ3v) is 3.71. The Kier molecular flexibility index (Phi) is 5.84. The largest absolute Gasteiger partial charge is 0.497 e. The van der Waals surface area contributed by atoms with Crippen LogP contribution in [-0.2, 0) is 0 Å². The van der Waals surface area contributed by atoms with Crippen LogP contribution in [-0.4, -0.2) is 24.9 Å². The Morgan fingerprint density at radius 3 is 2.57 bits per heavy atom. The SMILES string of the molecule is COc1ccc(C)c(NC(=O)NC(CO)c2ccc(Cl)cc2)c1. The van der Waals surface area contributed by atoms with E-state index >= 15 is 0 Å². The van der Waals surface area contributed by atoms with Crippen LogP contribution in [0.15, 0.2) is 42.5 Å². The molecule has 0 aromatic heterocycles. The summed E-state index contributed by atoms with van der Waals surface area (Å²) in [5.41, 5.74) is 2.33. The first-order valence-electron chi connectivity index (χ1n) is 7.12. The number of rotatable bonds is 5. The van der Waals surface area contributed by atoms with Gasteiger partial charge in [-0.3, -0.25) is 0 Å². The van der Waals surface area contributed by atoms with Gasteiger partial charge in [0.25, 0.3) is 0 Å². The normalized spacial score (nSPS) is 11.7. The van der Waals surface area contributed by atoms with E-state index < -0.39 is 12.1 Å². The van der Waals surface area contributed by atoms with Crippen molar-refractivity contribution in [3.05, 3.63) is 58.6 Å². The molecule has 23 heavy (non-hydrogen) atoms. The summed E-state index contributed by atoms with van der Waals surface area (Å²) in [7, 11) is 1.57. The third kappa shape index (κ3) is 4.61. The van der Waals surface area contributed by atoms with Crippen LogP contribution in [0.5, 0.6) is 5.75 Å². The van der Waals surface area contributed by atoms with Gasteiger partial charge < -0.3 is 20.5 Å². The van der Waals surface area contributed by atoms with E-state index in [2.05, 4.69) is 10.6 Å². The molecule has 0 bridgehead atoms. The Labute approximate surface area is 140 Å². The summed E-state index contributed by atoms with van der Waals surface area (Å²) in [5.74, 6) is 0.655. The highest BCUT2D eigenvalue weighted by Crippen LogP contribution is 2.22. The fourth-order valence-corrected chi connectivity index (χ4v) is 2.23. The molecule has 2 amide bonds. The molecule has 122 valence electrons. The van der Waals surface area contributed by atoms with Crippen molar-refractivity contribution in [2.45, 2.75) is 13.0 Å².